The minimum absolute atomic E-state index is 0.0501. The molecule has 1 aliphatic heterocycles. The number of nitrogens with one attached hydrogen (secondary N) is 1. The molecule has 5 nitrogen and oxygen atoms in total. The fourth-order valence-corrected chi connectivity index (χ4v) is 5.69. The normalized spacial score (nSPS) is 20.1. The van der Waals surface area contributed by atoms with E-state index in [1.165, 1.54) is 12.1 Å². The van der Waals surface area contributed by atoms with Gasteiger partial charge in [-0.3, -0.25) is 9.69 Å². The predicted molar refractivity (Wildman–Crippen MR) is 142 cm³/mol. The second-order valence-corrected chi connectivity index (χ2v) is 10.4. The van der Waals surface area contributed by atoms with Crippen LogP contribution in [0.4, 0.5) is 8.78 Å². The summed E-state index contributed by atoms with van der Waals surface area (Å²) in [5, 5.41) is 13.0. The van der Waals surface area contributed by atoms with E-state index >= 15 is 4.39 Å². The van der Waals surface area contributed by atoms with Gasteiger partial charge in [-0.1, -0.05) is 26.3 Å². The number of halogens is 2. The number of carboxylic acids is 1. The zero-order chi connectivity index (χ0) is 26.7. The van der Waals surface area contributed by atoms with Crippen molar-refractivity contribution in [1.82, 2.24) is 10.2 Å². The van der Waals surface area contributed by atoms with Crippen LogP contribution in [0.2, 0.25) is 0 Å². The number of unbranched alkanes of at least 4 members (excludes halogenated alkanes) is 1. The largest absolute Gasteiger partial charge is 0.492 e. The summed E-state index contributed by atoms with van der Waals surface area (Å²) in [5.74, 6) is -1.50. The molecule has 0 spiro atoms. The molecule has 2 aromatic rings. The molecule has 0 fully saturated rings. The first-order chi connectivity index (χ1) is 17.7. The fraction of sp³-hybridized carbons (Fsp3) is 0.500. The maximum Gasteiger partial charge on any atom is 0.307 e. The third kappa shape index (κ3) is 5.73. The topological polar surface area (TPSA) is 61.8 Å². The molecule has 0 radical (unpaired) electrons. The minimum Gasteiger partial charge on any atom is -0.492 e. The molecule has 2 aliphatic rings. The molecule has 7 heteroatoms. The molecule has 200 valence electrons. The lowest BCUT2D eigenvalue weighted by Crippen LogP contribution is -2.45. The highest BCUT2D eigenvalue weighted by atomic mass is 19.1. The van der Waals surface area contributed by atoms with Gasteiger partial charge in [0.25, 0.3) is 0 Å². The summed E-state index contributed by atoms with van der Waals surface area (Å²) in [4.78, 5) is 13.9. The molecule has 4 rings (SSSR count). The average molecular weight is 513 g/mol. The van der Waals surface area contributed by atoms with Crippen LogP contribution in [0.25, 0.3) is 5.57 Å². The number of aliphatic carboxylic acids is 1. The molecule has 2 N–H and O–H groups in total. The van der Waals surface area contributed by atoms with Gasteiger partial charge in [-0.25, -0.2) is 8.78 Å². The maximum atomic E-state index is 15.7. The first-order valence-electron chi connectivity index (χ1n) is 13.3. The molecular formula is C30H38F2N2O3. The van der Waals surface area contributed by atoms with E-state index in [1.807, 2.05) is 19.9 Å². The molecule has 0 amide bonds. The summed E-state index contributed by atoms with van der Waals surface area (Å²) in [6.07, 6.45) is 3.48. The zero-order valence-corrected chi connectivity index (χ0v) is 22.2. The number of ether oxygens (including phenoxy) is 1. The number of fused-ring (bicyclic) bond motifs is 2. The van der Waals surface area contributed by atoms with Gasteiger partial charge in [-0.15, -0.1) is 0 Å². The summed E-state index contributed by atoms with van der Waals surface area (Å²) in [5.41, 5.74) is 5.23. The molecule has 0 aromatic heterocycles. The Morgan fingerprint density at radius 2 is 2.03 bits per heavy atom. The summed E-state index contributed by atoms with van der Waals surface area (Å²) in [6.45, 7) is 10.1. The van der Waals surface area contributed by atoms with Gasteiger partial charge >= 0.3 is 5.97 Å². The molecule has 37 heavy (non-hydrogen) atoms. The highest BCUT2D eigenvalue weighted by Gasteiger charge is 2.41. The van der Waals surface area contributed by atoms with Gasteiger partial charge in [0.1, 0.15) is 24.0 Å². The maximum absolute atomic E-state index is 15.7. The van der Waals surface area contributed by atoms with Crippen molar-refractivity contribution in [2.75, 3.05) is 26.2 Å². The van der Waals surface area contributed by atoms with Crippen molar-refractivity contribution >= 4 is 11.5 Å². The van der Waals surface area contributed by atoms with Crippen LogP contribution in [0.15, 0.2) is 35.9 Å². The lowest BCUT2D eigenvalue weighted by molar-refractivity contribution is -0.142. The number of rotatable bonds is 11. The Labute approximate surface area is 218 Å². The van der Waals surface area contributed by atoms with Crippen molar-refractivity contribution in [1.29, 1.82) is 0 Å². The molecule has 2 aromatic carbocycles. The van der Waals surface area contributed by atoms with Gasteiger partial charge in [-0.2, -0.15) is 0 Å². The Hall–Kier alpha value is -2.77. The van der Waals surface area contributed by atoms with E-state index in [4.69, 9.17) is 4.74 Å². The molecular weight excluding hydrogens is 474 g/mol. The Balaban J connectivity index is 1.73. The molecule has 0 bridgehead atoms. The SMILES string of the molecule is CCCCNCCOc1ccc(F)c([C@@H]2C3=C(C[C@@H](C)N2C[C@H](C)C(=O)O)c2cc(F)ccc2C3)c1C. The van der Waals surface area contributed by atoms with Crippen LogP contribution in [0.1, 0.15) is 68.3 Å². The highest BCUT2D eigenvalue weighted by Crippen LogP contribution is 2.50. The third-order valence-corrected chi connectivity index (χ3v) is 7.73. The lowest BCUT2D eigenvalue weighted by Gasteiger charge is -2.43. The molecule has 3 atom stereocenters. The van der Waals surface area contributed by atoms with Gasteiger partial charge in [-0.05, 0) is 91.8 Å². The highest BCUT2D eigenvalue weighted by molar-refractivity contribution is 5.79. The van der Waals surface area contributed by atoms with Crippen LogP contribution in [-0.4, -0.2) is 48.3 Å². The molecule has 1 heterocycles. The van der Waals surface area contributed by atoms with E-state index < -0.39 is 17.9 Å². The van der Waals surface area contributed by atoms with Crippen LogP contribution < -0.4 is 10.1 Å². The van der Waals surface area contributed by atoms with E-state index in [0.29, 0.717) is 37.3 Å². The Morgan fingerprint density at radius 3 is 2.76 bits per heavy atom. The molecule has 1 aliphatic carbocycles. The number of benzene rings is 2. The zero-order valence-electron chi connectivity index (χ0n) is 22.2. The van der Waals surface area contributed by atoms with Crippen molar-refractivity contribution in [3.8, 4) is 5.75 Å². The van der Waals surface area contributed by atoms with Gasteiger partial charge in [0.15, 0.2) is 0 Å². The third-order valence-electron chi connectivity index (χ3n) is 7.73. The Morgan fingerprint density at radius 1 is 1.24 bits per heavy atom. The number of carbonyl (C=O) groups is 1. The smallest absolute Gasteiger partial charge is 0.307 e. The summed E-state index contributed by atoms with van der Waals surface area (Å²) >= 11 is 0. The Bertz CT molecular complexity index is 1180. The minimum atomic E-state index is -0.882. The van der Waals surface area contributed by atoms with Crippen molar-refractivity contribution in [3.63, 3.8) is 0 Å². The van der Waals surface area contributed by atoms with E-state index in [9.17, 15) is 14.3 Å². The van der Waals surface area contributed by atoms with Crippen LogP contribution in [0.3, 0.4) is 0 Å². The van der Waals surface area contributed by atoms with Crippen molar-refractivity contribution in [2.24, 2.45) is 5.92 Å². The molecule has 0 saturated heterocycles. The van der Waals surface area contributed by atoms with E-state index in [0.717, 1.165) is 47.2 Å². The van der Waals surface area contributed by atoms with Crippen molar-refractivity contribution < 1.29 is 23.4 Å². The van der Waals surface area contributed by atoms with E-state index in [1.54, 1.807) is 19.1 Å². The second-order valence-electron chi connectivity index (χ2n) is 10.4. The Kier molecular flexibility index (Phi) is 8.65. The van der Waals surface area contributed by atoms with Crippen LogP contribution in [0.5, 0.6) is 5.75 Å². The fourth-order valence-electron chi connectivity index (χ4n) is 5.69. The summed E-state index contributed by atoms with van der Waals surface area (Å²) in [7, 11) is 0. The van der Waals surface area contributed by atoms with Gasteiger partial charge in [0.2, 0.25) is 0 Å². The standard InChI is InChI=1S/C30H38F2N2O3/c1-5-6-11-33-12-13-37-27-10-9-26(32)28(20(27)4)29-25-15-21-7-8-22(31)16-23(21)24(25)14-19(3)34(29)17-18(2)30(35)36/h7-10,16,18-19,29,33H,5-6,11-15,17H2,1-4H3,(H,35,36)/t18-,19+,29-/m0/s1. The first kappa shape index (κ1) is 27.3. The number of hydrogen-bond acceptors (Lipinski definition) is 4. The van der Waals surface area contributed by atoms with Gasteiger partial charge in [0, 0.05) is 24.7 Å². The average Bonchev–Trinajstić information content (AvgIpc) is 3.21. The number of nitrogens with zero attached hydrogens (tertiary/aromatic N) is 1. The van der Waals surface area contributed by atoms with E-state index in [2.05, 4.69) is 17.1 Å². The van der Waals surface area contributed by atoms with Crippen LogP contribution in [0, 0.1) is 24.5 Å². The van der Waals surface area contributed by atoms with E-state index in [-0.39, 0.29) is 24.2 Å². The first-order valence-corrected chi connectivity index (χ1v) is 13.3. The number of carboxylic acid groups (broad SMARTS) is 1. The van der Waals surface area contributed by atoms with Crippen molar-refractivity contribution in [2.45, 2.75) is 65.5 Å². The summed E-state index contributed by atoms with van der Waals surface area (Å²) < 4.78 is 36.0. The molecule has 0 unspecified atom stereocenters. The van der Waals surface area contributed by atoms with Gasteiger partial charge in [0.05, 0.1) is 12.0 Å². The monoisotopic (exact) mass is 512 g/mol. The summed E-state index contributed by atoms with van der Waals surface area (Å²) in [6, 6.07) is 7.46. The van der Waals surface area contributed by atoms with Crippen LogP contribution >= 0.6 is 0 Å². The lowest BCUT2D eigenvalue weighted by atomic mass is 9.83. The van der Waals surface area contributed by atoms with Crippen molar-refractivity contribution in [3.05, 3.63) is 69.8 Å². The number of hydrogen-bond donors (Lipinski definition) is 2. The second kappa shape index (κ2) is 11.7. The van der Waals surface area contributed by atoms with Crippen LogP contribution in [-0.2, 0) is 11.2 Å². The van der Waals surface area contributed by atoms with Gasteiger partial charge < -0.3 is 15.2 Å². The predicted octanol–water partition coefficient (Wildman–Crippen LogP) is 5.91. The quantitative estimate of drug-likeness (QED) is 0.367. The molecule has 0 saturated carbocycles.